The zero-order valence-corrected chi connectivity index (χ0v) is 36.4. The molecule has 0 radical (unpaired) electrons. The molecule has 3 aromatic carbocycles. The van der Waals surface area contributed by atoms with Crippen molar-refractivity contribution in [2.24, 2.45) is 0 Å². The predicted octanol–water partition coefficient (Wildman–Crippen LogP) is 9.38. The largest absolute Gasteiger partial charge is 0.497 e. The summed E-state index contributed by atoms with van der Waals surface area (Å²) < 4.78 is 23.3. The monoisotopic (exact) mass is 859 g/mol. The fourth-order valence-corrected chi connectivity index (χ4v) is 9.69. The Morgan fingerprint density at radius 3 is 2.41 bits per heavy atom. The molecule has 3 heterocycles. The Labute approximate surface area is 354 Å². The van der Waals surface area contributed by atoms with Crippen molar-refractivity contribution in [3.05, 3.63) is 118 Å². The number of carboxylic acid groups (broad SMARTS) is 1. The van der Waals surface area contributed by atoms with E-state index in [-0.39, 0.29) is 22.7 Å². The molecule has 15 heteroatoms. The van der Waals surface area contributed by atoms with Crippen LogP contribution in [0.15, 0.2) is 84.1 Å². The lowest BCUT2D eigenvalue weighted by Gasteiger charge is -2.18. The van der Waals surface area contributed by atoms with Gasteiger partial charge in [-0.2, -0.15) is 0 Å². The number of H-pyrrole nitrogens is 1. The van der Waals surface area contributed by atoms with E-state index in [1.54, 1.807) is 62.9 Å². The molecule has 0 fully saturated rings. The van der Waals surface area contributed by atoms with Gasteiger partial charge in [-0.1, -0.05) is 48.0 Å². The molecule has 6 aromatic rings. The van der Waals surface area contributed by atoms with Crippen LogP contribution in [0.3, 0.4) is 0 Å². The number of methoxy groups -OCH3 is 2. The Bertz CT molecular complexity index is 2440. The smallest absolute Gasteiger partial charge is 0.304 e. The standard InChI is InChI=1S/C26H27ClN2O3S2.C17H19N3O3S/c1-29(2)24(30)12-14-33-26(34-15-13-25(31)32)20-5-3-4-18(16-20)6-10-22-11-8-19-7-9-21(27)17-23(19)28-22;1-10-8-18-15(11(2)16(10)23-4)9-24(21)17-19-13-6-5-12(22-3)7-14(13)20-17/h3-11,16-17,26H,12-15H2,1-2H3,(H,31,32);5-8H,9H2,1-4H3,(H,19,20)/b10-6+;. The number of ether oxygens (including phenoxy) is 2. The number of carbonyl (C=O) groups excluding carboxylic acids is 1. The van der Waals surface area contributed by atoms with Crippen molar-refractivity contribution in [3.63, 3.8) is 0 Å². The maximum Gasteiger partial charge on any atom is 0.304 e. The fraction of sp³-hybridized carbons (Fsp3) is 0.279. The summed E-state index contributed by atoms with van der Waals surface area (Å²) in [5.41, 5.74) is 7.97. The number of nitrogens with zero attached hydrogens (tertiary/aromatic N) is 4. The lowest BCUT2D eigenvalue weighted by atomic mass is 10.1. The van der Waals surface area contributed by atoms with Gasteiger partial charge in [0, 0.05) is 65.8 Å². The second-order valence-electron chi connectivity index (χ2n) is 13.3. The van der Waals surface area contributed by atoms with Crippen LogP contribution in [0.2, 0.25) is 5.02 Å². The molecule has 0 saturated carbocycles. The van der Waals surface area contributed by atoms with Gasteiger partial charge in [0.2, 0.25) is 5.91 Å². The maximum atomic E-state index is 12.7. The van der Waals surface area contributed by atoms with Gasteiger partial charge in [-0.3, -0.25) is 18.8 Å². The number of hydrogen-bond acceptors (Lipinski definition) is 10. The molecule has 3 aromatic heterocycles. The van der Waals surface area contributed by atoms with Crippen LogP contribution < -0.4 is 9.47 Å². The number of thioether (sulfide) groups is 2. The van der Waals surface area contributed by atoms with Gasteiger partial charge in [0.25, 0.3) is 0 Å². The lowest BCUT2D eigenvalue weighted by molar-refractivity contribution is -0.136. The predicted molar refractivity (Wildman–Crippen MR) is 238 cm³/mol. The molecule has 0 spiro atoms. The third-order valence-electron chi connectivity index (χ3n) is 8.87. The van der Waals surface area contributed by atoms with E-state index in [9.17, 15) is 13.8 Å². The number of benzene rings is 3. The Hall–Kier alpha value is -4.89. The molecule has 0 saturated heterocycles. The molecule has 58 heavy (non-hydrogen) atoms. The maximum absolute atomic E-state index is 12.7. The van der Waals surface area contributed by atoms with E-state index in [4.69, 9.17) is 26.2 Å². The minimum atomic E-state index is -1.33. The van der Waals surface area contributed by atoms with Crippen LogP contribution in [0.5, 0.6) is 11.5 Å². The number of aliphatic carboxylic acids is 1. The summed E-state index contributed by atoms with van der Waals surface area (Å²) >= 11 is 9.37. The first-order chi connectivity index (χ1) is 27.8. The van der Waals surface area contributed by atoms with Gasteiger partial charge in [0.1, 0.15) is 11.5 Å². The zero-order chi connectivity index (χ0) is 41.8. The summed E-state index contributed by atoms with van der Waals surface area (Å²) in [6.07, 6.45) is 6.28. The summed E-state index contributed by atoms with van der Waals surface area (Å²) in [5.74, 6) is 2.25. The minimum Gasteiger partial charge on any atom is -0.497 e. The number of aromatic nitrogens is 4. The normalized spacial score (nSPS) is 12.3. The van der Waals surface area contributed by atoms with Crippen molar-refractivity contribution in [1.29, 1.82) is 0 Å². The quantitative estimate of drug-likeness (QED) is 0.0898. The Morgan fingerprint density at radius 1 is 0.931 bits per heavy atom. The first-order valence-electron chi connectivity index (χ1n) is 18.3. The van der Waals surface area contributed by atoms with Gasteiger partial charge in [-0.25, -0.2) is 9.97 Å². The molecule has 0 bridgehead atoms. The topological polar surface area (TPSA) is 148 Å². The second kappa shape index (κ2) is 21.2. The number of carboxylic acids is 1. The molecule has 2 unspecified atom stereocenters. The van der Waals surface area contributed by atoms with E-state index in [2.05, 4.69) is 26.0 Å². The Kier molecular flexibility index (Phi) is 16.2. The van der Waals surface area contributed by atoms with E-state index in [1.807, 2.05) is 92.7 Å². The van der Waals surface area contributed by atoms with Crippen molar-refractivity contribution < 1.29 is 28.4 Å². The van der Waals surface area contributed by atoms with Crippen LogP contribution in [0.4, 0.5) is 0 Å². The summed E-state index contributed by atoms with van der Waals surface area (Å²) in [5, 5.41) is 11.1. The molecule has 304 valence electrons. The van der Waals surface area contributed by atoms with Crippen LogP contribution in [-0.4, -0.2) is 85.8 Å². The highest BCUT2D eigenvalue weighted by atomic mass is 35.5. The molecule has 11 nitrogen and oxygen atoms in total. The summed E-state index contributed by atoms with van der Waals surface area (Å²) in [6, 6.07) is 23.3. The number of fused-ring (bicyclic) bond motifs is 2. The SMILES string of the molecule is CN(C)C(=O)CCSC(SCCC(=O)O)c1cccc(/C=C/c2ccc3ccc(Cl)cc3n2)c1.COc1ccc2nc(S(=O)Cc3ncc(C)c(OC)c3C)[nH]c2c1. The fourth-order valence-electron chi connectivity index (χ4n) is 5.77. The van der Waals surface area contributed by atoms with E-state index in [1.165, 1.54) is 0 Å². The number of pyridine rings is 2. The lowest BCUT2D eigenvalue weighted by Crippen LogP contribution is -2.21. The highest BCUT2D eigenvalue weighted by Crippen LogP contribution is 2.40. The van der Waals surface area contributed by atoms with Gasteiger partial charge in [0.15, 0.2) is 5.16 Å². The zero-order valence-electron chi connectivity index (χ0n) is 33.2. The van der Waals surface area contributed by atoms with Crippen molar-refractivity contribution in [2.75, 3.05) is 39.8 Å². The minimum absolute atomic E-state index is 0.0450. The molecule has 2 N–H and O–H groups in total. The average molecular weight is 861 g/mol. The number of rotatable bonds is 16. The highest BCUT2D eigenvalue weighted by molar-refractivity contribution is 8.16. The number of halogens is 1. The number of nitrogens with one attached hydrogen (secondary N) is 1. The van der Waals surface area contributed by atoms with Crippen molar-refractivity contribution in [2.45, 2.75) is 42.2 Å². The molecule has 1 amide bonds. The van der Waals surface area contributed by atoms with Crippen LogP contribution >= 0.6 is 35.1 Å². The van der Waals surface area contributed by atoms with E-state index >= 15 is 0 Å². The van der Waals surface area contributed by atoms with Gasteiger partial charge in [-0.05, 0) is 67.4 Å². The number of amides is 1. The average Bonchev–Trinajstić information content (AvgIpc) is 3.64. The van der Waals surface area contributed by atoms with Crippen LogP contribution in [0, 0.1) is 13.8 Å². The summed E-state index contributed by atoms with van der Waals surface area (Å²) in [6.45, 7) is 3.86. The summed E-state index contributed by atoms with van der Waals surface area (Å²) in [4.78, 5) is 41.1. The number of hydrogen-bond donors (Lipinski definition) is 2. The Balaban J connectivity index is 0.000000234. The van der Waals surface area contributed by atoms with Gasteiger partial charge in [0.05, 0.1) is 69.7 Å². The van der Waals surface area contributed by atoms with Gasteiger partial charge in [-0.15, -0.1) is 23.5 Å². The molecular weight excluding hydrogens is 814 g/mol. The molecule has 0 aliphatic carbocycles. The number of imidazole rings is 1. The third-order valence-corrected chi connectivity index (χ3v) is 13.1. The molecule has 2 atom stereocenters. The van der Waals surface area contributed by atoms with Crippen LogP contribution in [0.25, 0.3) is 34.1 Å². The molecule has 0 aliphatic heterocycles. The van der Waals surface area contributed by atoms with Crippen molar-refractivity contribution in [1.82, 2.24) is 24.8 Å². The molecular formula is C43H46ClN5O6S3. The van der Waals surface area contributed by atoms with E-state index in [0.717, 1.165) is 67.1 Å². The van der Waals surface area contributed by atoms with E-state index < -0.39 is 16.8 Å². The van der Waals surface area contributed by atoms with Crippen LogP contribution in [0.1, 0.15) is 51.1 Å². The first kappa shape index (κ1) is 44.2. The Morgan fingerprint density at radius 2 is 1.69 bits per heavy atom. The van der Waals surface area contributed by atoms with Gasteiger partial charge < -0.3 is 24.5 Å². The third kappa shape index (κ3) is 12.3. The summed E-state index contributed by atoms with van der Waals surface area (Å²) in [7, 11) is 5.41. The molecule has 6 rings (SSSR count). The molecule has 0 aliphatic rings. The number of aromatic amines is 1. The van der Waals surface area contributed by atoms with E-state index in [0.29, 0.717) is 28.1 Å². The van der Waals surface area contributed by atoms with Crippen molar-refractivity contribution >= 4 is 91.9 Å². The second-order valence-corrected chi connectivity index (χ2v) is 17.8. The van der Waals surface area contributed by atoms with Crippen LogP contribution in [-0.2, 0) is 26.1 Å². The highest BCUT2D eigenvalue weighted by Gasteiger charge is 2.17. The van der Waals surface area contributed by atoms with Crippen molar-refractivity contribution in [3.8, 4) is 11.5 Å². The first-order valence-corrected chi connectivity index (χ1v) is 22.0. The number of aryl methyl sites for hydroxylation is 1. The van der Waals surface area contributed by atoms with Gasteiger partial charge >= 0.3 is 5.97 Å². The number of carbonyl (C=O) groups is 2.